The maximum Gasteiger partial charge on any atom is 1.00 e. The molecule has 0 saturated carbocycles. The van der Waals surface area contributed by atoms with Gasteiger partial charge in [0.15, 0.2) is 0 Å². The van der Waals surface area contributed by atoms with Crippen LogP contribution in [0.2, 0.25) is 0 Å². The number of hydrogen-bond donors (Lipinski definition) is 0. The van der Waals surface area contributed by atoms with Crippen molar-refractivity contribution in [1.29, 1.82) is 0 Å². The van der Waals surface area contributed by atoms with Crippen LogP contribution in [0.1, 0.15) is 12.0 Å². The Balaban J connectivity index is 0.00000264. The van der Waals surface area contributed by atoms with Gasteiger partial charge < -0.3 is 9.11 Å². The summed E-state index contributed by atoms with van der Waals surface area (Å²) < 4.78 is 69.7. The van der Waals surface area contributed by atoms with Crippen LogP contribution in [0.4, 0.5) is 0 Å². The molecule has 6 nitrogen and oxygen atoms in total. The molecule has 1 unspecified atom stereocenters. The van der Waals surface area contributed by atoms with Crippen molar-refractivity contribution in [3.8, 4) is 0 Å². The third kappa shape index (κ3) is 6.21. The van der Waals surface area contributed by atoms with Crippen LogP contribution in [0.15, 0.2) is 59.5 Å². The van der Waals surface area contributed by atoms with Crippen LogP contribution >= 0.6 is 0 Å². The summed E-state index contributed by atoms with van der Waals surface area (Å²) in [5, 5.41) is 0. The smallest absolute Gasteiger partial charge is 0.744 e. The van der Waals surface area contributed by atoms with Gasteiger partial charge in [0, 0.05) is 5.92 Å². The first-order valence-electron chi connectivity index (χ1n) is 6.26. The first-order chi connectivity index (χ1) is 10.2. The van der Waals surface area contributed by atoms with Gasteiger partial charge >= 0.3 is 59.1 Å². The van der Waals surface area contributed by atoms with Crippen molar-refractivity contribution in [2.75, 3.05) is 0 Å². The Morgan fingerprint density at radius 1 is 0.917 bits per heavy atom. The molecule has 2 rings (SSSR count). The second kappa shape index (κ2) is 9.82. The quantitative estimate of drug-likeness (QED) is 0.381. The van der Waals surface area contributed by atoms with Gasteiger partial charge in [0.2, 0.25) is 0 Å². The summed E-state index contributed by atoms with van der Waals surface area (Å²) in [5.41, 5.74) is -0.116. The monoisotopic (exact) mass is 386 g/mol. The second-order valence-electron chi connectivity index (χ2n) is 4.62. The van der Waals surface area contributed by atoms with Crippen molar-refractivity contribution in [1.82, 2.24) is 0 Å². The minimum atomic E-state index is -5.16. The minimum absolute atomic E-state index is 0. The fourth-order valence-electron chi connectivity index (χ4n) is 2.24. The fraction of sp³-hybridized carbons (Fsp3) is 0.143. The summed E-state index contributed by atoms with van der Waals surface area (Å²) in [7, 11) is -10.3. The minimum Gasteiger partial charge on any atom is -0.744 e. The summed E-state index contributed by atoms with van der Waals surface area (Å²) in [6.07, 6.45) is 6.24. The van der Waals surface area contributed by atoms with Crippen LogP contribution in [0.5, 0.6) is 0 Å². The Kier molecular flexibility index (Phi) is 9.93. The molecule has 24 heavy (non-hydrogen) atoms. The molecule has 1 aromatic carbocycles. The average Bonchev–Trinajstić information content (AvgIpc) is 2.44. The van der Waals surface area contributed by atoms with Gasteiger partial charge in [-0.1, -0.05) is 54.6 Å². The first kappa shape index (κ1) is 24.3. The van der Waals surface area contributed by atoms with Crippen molar-refractivity contribution in [2.24, 2.45) is 5.92 Å². The molecule has 1 aliphatic rings. The van der Waals surface area contributed by atoms with E-state index in [4.69, 9.17) is 0 Å². The van der Waals surface area contributed by atoms with Crippen LogP contribution in [0.25, 0.3) is 4.91 Å². The zero-order chi connectivity index (χ0) is 16.4. The Morgan fingerprint density at radius 3 is 1.92 bits per heavy atom. The number of allylic oxidation sites excluding steroid dienone is 5. The molecule has 0 saturated heterocycles. The molecule has 0 N–H and O–H groups in total. The topological polar surface area (TPSA) is 114 Å². The van der Waals surface area contributed by atoms with Crippen molar-refractivity contribution >= 4 is 25.1 Å². The number of benzene rings is 1. The van der Waals surface area contributed by atoms with Crippen molar-refractivity contribution in [3.63, 3.8) is 0 Å². The largest absolute Gasteiger partial charge is 1.00 e. The molecule has 118 valence electrons. The summed E-state index contributed by atoms with van der Waals surface area (Å²) >= 11 is 0. The SMILES string of the molecule is O=S(=O)([O-])C(=C(C1C=CC=CC1)S(=O)(=O)[O-])c1ccccc1.[Na+].[Na+]. The molecular formula is C14H12Na2O6S2. The van der Waals surface area contributed by atoms with Crippen molar-refractivity contribution in [3.05, 3.63) is 65.1 Å². The maximum absolute atomic E-state index is 11.6. The molecule has 0 aromatic heterocycles. The molecule has 0 spiro atoms. The van der Waals surface area contributed by atoms with E-state index in [1.54, 1.807) is 18.2 Å². The van der Waals surface area contributed by atoms with Crippen LogP contribution in [0, 0.1) is 5.92 Å². The number of hydrogen-bond acceptors (Lipinski definition) is 6. The van der Waals surface area contributed by atoms with Gasteiger partial charge in [-0.25, -0.2) is 16.8 Å². The molecule has 0 amide bonds. The molecule has 0 bridgehead atoms. The standard InChI is InChI=1S/C14H14O6S2.2Na/c15-21(16,17)13(11-7-3-1-4-8-11)14(22(18,19)20)12-9-5-2-6-10-12;;/h1-9,12H,10H2,(H,15,16,17)(H,18,19,20);;/q;2*+1/p-2. The van der Waals surface area contributed by atoms with Crippen molar-refractivity contribution in [2.45, 2.75) is 6.42 Å². The summed E-state index contributed by atoms with van der Waals surface area (Å²) in [5.74, 6) is -0.980. The van der Waals surface area contributed by atoms with Gasteiger partial charge in [-0.2, -0.15) is 0 Å². The normalized spacial score (nSPS) is 18.2. The van der Waals surface area contributed by atoms with E-state index in [2.05, 4.69) is 0 Å². The van der Waals surface area contributed by atoms with Gasteiger partial charge in [0.05, 0.1) is 9.81 Å². The van der Waals surface area contributed by atoms with Crippen molar-refractivity contribution < 1.29 is 85.1 Å². The van der Waals surface area contributed by atoms with Gasteiger partial charge in [-0.05, 0) is 12.0 Å². The van der Waals surface area contributed by atoms with Crippen LogP contribution in [-0.4, -0.2) is 25.9 Å². The Hall–Kier alpha value is 0.260. The molecule has 1 aromatic rings. The maximum atomic E-state index is 11.6. The Bertz CT molecular complexity index is 856. The zero-order valence-electron chi connectivity index (χ0n) is 13.2. The van der Waals surface area contributed by atoms with Crippen LogP contribution in [0.3, 0.4) is 0 Å². The summed E-state index contributed by atoms with van der Waals surface area (Å²) in [4.78, 5) is -1.89. The molecule has 0 aliphatic heterocycles. The van der Waals surface area contributed by atoms with E-state index in [-0.39, 0.29) is 71.1 Å². The molecule has 0 radical (unpaired) electrons. The molecule has 10 heteroatoms. The molecular weight excluding hydrogens is 374 g/mol. The van der Waals surface area contributed by atoms with Gasteiger partial charge in [0.1, 0.15) is 20.2 Å². The van der Waals surface area contributed by atoms with E-state index in [0.717, 1.165) is 0 Å². The molecule has 1 atom stereocenters. The predicted octanol–water partition coefficient (Wildman–Crippen LogP) is -4.41. The van der Waals surface area contributed by atoms with E-state index >= 15 is 0 Å². The van der Waals surface area contributed by atoms with E-state index in [1.807, 2.05) is 0 Å². The van der Waals surface area contributed by atoms with Crippen LogP contribution < -0.4 is 59.1 Å². The Labute approximate surface area is 185 Å². The predicted molar refractivity (Wildman–Crippen MR) is 79.1 cm³/mol. The Morgan fingerprint density at radius 2 is 1.50 bits per heavy atom. The summed E-state index contributed by atoms with van der Waals surface area (Å²) in [6.45, 7) is 0. The zero-order valence-corrected chi connectivity index (χ0v) is 18.9. The third-order valence-electron chi connectivity index (χ3n) is 3.10. The second-order valence-corrected chi connectivity index (χ2v) is 7.29. The van der Waals surface area contributed by atoms with Gasteiger partial charge in [0.25, 0.3) is 0 Å². The van der Waals surface area contributed by atoms with E-state index in [0.29, 0.717) is 0 Å². The summed E-state index contributed by atoms with van der Waals surface area (Å²) in [6, 6.07) is 7.03. The first-order valence-corrected chi connectivity index (χ1v) is 9.07. The average molecular weight is 386 g/mol. The van der Waals surface area contributed by atoms with E-state index in [1.165, 1.54) is 36.4 Å². The number of rotatable bonds is 4. The van der Waals surface area contributed by atoms with Crippen LogP contribution in [-0.2, 0) is 20.2 Å². The molecule has 1 aliphatic carbocycles. The molecule has 0 heterocycles. The third-order valence-corrected chi connectivity index (χ3v) is 5.23. The van der Waals surface area contributed by atoms with Gasteiger partial charge in [-0.3, -0.25) is 0 Å². The van der Waals surface area contributed by atoms with Gasteiger partial charge in [-0.15, -0.1) is 0 Å². The fourth-order valence-corrected chi connectivity index (χ4v) is 4.57. The van der Waals surface area contributed by atoms with E-state index < -0.39 is 36.0 Å². The molecule has 0 fully saturated rings. The van der Waals surface area contributed by atoms with E-state index in [9.17, 15) is 25.9 Å².